The second kappa shape index (κ2) is 9.06. The second-order valence-corrected chi connectivity index (χ2v) is 8.11. The fourth-order valence-corrected chi connectivity index (χ4v) is 3.41. The first-order chi connectivity index (χ1) is 12.7. The summed E-state index contributed by atoms with van der Waals surface area (Å²) in [5.41, 5.74) is 1.47. The molecule has 0 aliphatic carbocycles. The number of carbonyl (C=O) groups excluding carboxylic acids is 1. The highest BCUT2D eigenvalue weighted by Crippen LogP contribution is 2.33. The lowest BCUT2D eigenvalue weighted by atomic mass is 9.94. The van der Waals surface area contributed by atoms with Crippen molar-refractivity contribution in [3.05, 3.63) is 33.9 Å². The van der Waals surface area contributed by atoms with Gasteiger partial charge in [-0.2, -0.15) is 0 Å². The van der Waals surface area contributed by atoms with Gasteiger partial charge >= 0.3 is 6.09 Å². The average Bonchev–Trinajstić information content (AvgIpc) is 2.59. The van der Waals surface area contributed by atoms with E-state index in [2.05, 4.69) is 10.2 Å². The number of alkyl carbamates (subject to hydrolysis) is 1. The average molecular weight is 377 g/mol. The number of piperidine rings is 1. The number of aryl methyl sites for hydroxylation is 1. The van der Waals surface area contributed by atoms with Crippen LogP contribution >= 0.6 is 0 Å². The van der Waals surface area contributed by atoms with E-state index in [0.29, 0.717) is 18.2 Å². The third-order valence-corrected chi connectivity index (χ3v) is 4.73. The van der Waals surface area contributed by atoms with Gasteiger partial charge in [0.2, 0.25) is 0 Å². The zero-order valence-corrected chi connectivity index (χ0v) is 16.8. The Morgan fingerprint density at radius 1 is 1.41 bits per heavy atom. The third-order valence-electron chi connectivity index (χ3n) is 4.73. The molecule has 7 heteroatoms. The van der Waals surface area contributed by atoms with Crippen LogP contribution in [-0.2, 0) is 11.2 Å². The summed E-state index contributed by atoms with van der Waals surface area (Å²) in [6, 6.07) is 5.38. The molecule has 1 N–H and O–H groups in total. The topological polar surface area (TPSA) is 84.7 Å². The zero-order chi connectivity index (χ0) is 20.0. The molecular formula is C20H31N3O4. The minimum Gasteiger partial charge on any atom is -0.444 e. The molecule has 7 nitrogen and oxygen atoms in total. The number of ether oxygens (including phenoxy) is 1. The molecule has 1 amide bonds. The third kappa shape index (κ3) is 6.41. The van der Waals surface area contributed by atoms with Crippen molar-refractivity contribution >= 4 is 17.5 Å². The van der Waals surface area contributed by atoms with E-state index in [1.165, 1.54) is 0 Å². The van der Waals surface area contributed by atoms with Crippen molar-refractivity contribution in [3.8, 4) is 0 Å². The number of hydrogen-bond acceptors (Lipinski definition) is 5. The van der Waals surface area contributed by atoms with Crippen LogP contribution in [0, 0.1) is 16.0 Å². The lowest BCUT2D eigenvalue weighted by Crippen LogP contribution is -2.38. The Morgan fingerprint density at radius 3 is 2.78 bits per heavy atom. The monoisotopic (exact) mass is 377 g/mol. The van der Waals surface area contributed by atoms with E-state index in [1.54, 1.807) is 6.07 Å². The Labute approximate surface area is 161 Å². The Balaban J connectivity index is 1.96. The molecule has 0 spiro atoms. The van der Waals surface area contributed by atoms with E-state index < -0.39 is 11.7 Å². The van der Waals surface area contributed by atoms with Gasteiger partial charge in [-0.05, 0) is 64.0 Å². The van der Waals surface area contributed by atoms with Crippen LogP contribution in [0.3, 0.4) is 0 Å². The van der Waals surface area contributed by atoms with E-state index in [0.717, 1.165) is 44.3 Å². The maximum atomic E-state index is 11.8. The molecule has 1 aromatic rings. The number of nitro groups is 1. The summed E-state index contributed by atoms with van der Waals surface area (Å²) in [5, 5.41) is 14.2. The van der Waals surface area contributed by atoms with Gasteiger partial charge in [0.15, 0.2) is 0 Å². The highest BCUT2D eigenvalue weighted by atomic mass is 16.6. The quantitative estimate of drug-likeness (QED) is 0.590. The zero-order valence-electron chi connectivity index (χ0n) is 16.8. The Bertz CT molecular complexity index is 670. The largest absolute Gasteiger partial charge is 0.444 e. The van der Waals surface area contributed by atoms with Crippen molar-refractivity contribution in [2.75, 3.05) is 24.5 Å². The van der Waals surface area contributed by atoms with Gasteiger partial charge in [-0.1, -0.05) is 13.0 Å². The summed E-state index contributed by atoms with van der Waals surface area (Å²) in [6.07, 6.45) is 3.33. The second-order valence-electron chi connectivity index (χ2n) is 8.11. The molecule has 1 heterocycles. The predicted octanol–water partition coefficient (Wildman–Crippen LogP) is 4.29. The van der Waals surface area contributed by atoms with Crippen molar-refractivity contribution in [1.29, 1.82) is 0 Å². The molecule has 150 valence electrons. The predicted molar refractivity (Wildman–Crippen MR) is 106 cm³/mol. The highest BCUT2D eigenvalue weighted by molar-refractivity contribution is 5.67. The van der Waals surface area contributed by atoms with Gasteiger partial charge in [0.25, 0.3) is 5.69 Å². The first-order valence-electron chi connectivity index (χ1n) is 9.68. The van der Waals surface area contributed by atoms with Crippen LogP contribution in [0.5, 0.6) is 0 Å². The highest BCUT2D eigenvalue weighted by Gasteiger charge is 2.26. The number of nitro benzene ring substituents is 1. The fourth-order valence-electron chi connectivity index (χ4n) is 3.41. The molecule has 0 aromatic heterocycles. The smallest absolute Gasteiger partial charge is 0.407 e. The van der Waals surface area contributed by atoms with Crippen LogP contribution in [0.4, 0.5) is 16.2 Å². The molecule has 27 heavy (non-hydrogen) atoms. The number of rotatable bonds is 6. The number of nitrogens with zero attached hydrogens (tertiary/aromatic N) is 2. The van der Waals surface area contributed by atoms with Crippen LogP contribution in [0.1, 0.15) is 52.5 Å². The fraction of sp³-hybridized carbons (Fsp3) is 0.650. The van der Waals surface area contributed by atoms with E-state index in [9.17, 15) is 14.9 Å². The lowest BCUT2D eigenvalue weighted by molar-refractivity contribution is -0.384. The molecule has 1 fully saturated rings. The minimum atomic E-state index is -0.505. The van der Waals surface area contributed by atoms with Gasteiger partial charge in [-0.15, -0.1) is 0 Å². The molecule has 1 aliphatic rings. The number of benzene rings is 1. The first-order valence-corrected chi connectivity index (χ1v) is 9.68. The van der Waals surface area contributed by atoms with Gasteiger partial charge in [-0.25, -0.2) is 4.79 Å². The SMILES string of the molecule is CCc1ccc([N+](=O)[O-])c(N2CCCC(CCNC(=O)OC(C)(C)C)C2)c1. The number of carbonyl (C=O) groups is 1. The van der Waals surface area contributed by atoms with E-state index in [-0.39, 0.29) is 10.6 Å². The molecule has 1 saturated heterocycles. The van der Waals surface area contributed by atoms with Gasteiger partial charge in [0.1, 0.15) is 11.3 Å². The van der Waals surface area contributed by atoms with Crippen molar-refractivity contribution < 1.29 is 14.5 Å². The summed E-state index contributed by atoms with van der Waals surface area (Å²) in [5.74, 6) is 0.388. The standard InChI is InChI=1S/C20H31N3O4/c1-5-15-8-9-17(23(25)26)18(13-15)22-12-6-7-16(14-22)10-11-21-19(24)27-20(2,3)4/h8-9,13,16H,5-7,10-12,14H2,1-4H3,(H,21,24). The van der Waals surface area contributed by atoms with Crippen LogP contribution in [-0.4, -0.2) is 36.3 Å². The maximum absolute atomic E-state index is 11.8. The van der Waals surface area contributed by atoms with Crippen LogP contribution in [0.25, 0.3) is 0 Å². The van der Waals surface area contributed by atoms with Gasteiger partial charge < -0.3 is 15.0 Å². The normalized spacial score (nSPS) is 17.5. The summed E-state index contributed by atoms with van der Waals surface area (Å²) >= 11 is 0. The Kier molecular flexibility index (Phi) is 7.05. The number of nitrogens with one attached hydrogen (secondary N) is 1. The van der Waals surface area contributed by atoms with E-state index in [4.69, 9.17) is 4.74 Å². The van der Waals surface area contributed by atoms with Gasteiger partial charge in [0.05, 0.1) is 4.92 Å². The maximum Gasteiger partial charge on any atom is 0.407 e. The van der Waals surface area contributed by atoms with Crippen molar-refractivity contribution in [2.24, 2.45) is 5.92 Å². The summed E-state index contributed by atoms with van der Waals surface area (Å²) in [6.45, 7) is 9.69. The van der Waals surface area contributed by atoms with Crippen LogP contribution in [0.15, 0.2) is 18.2 Å². The van der Waals surface area contributed by atoms with E-state index >= 15 is 0 Å². The molecule has 0 radical (unpaired) electrons. The molecule has 1 aliphatic heterocycles. The van der Waals surface area contributed by atoms with Crippen molar-refractivity contribution in [1.82, 2.24) is 5.32 Å². The molecule has 2 rings (SSSR count). The number of hydrogen-bond donors (Lipinski definition) is 1. The first kappa shape index (κ1) is 21.0. The minimum absolute atomic E-state index is 0.166. The van der Waals surface area contributed by atoms with E-state index in [1.807, 2.05) is 39.8 Å². The summed E-state index contributed by atoms with van der Waals surface area (Å²) < 4.78 is 5.25. The summed E-state index contributed by atoms with van der Waals surface area (Å²) in [7, 11) is 0. The Morgan fingerprint density at radius 2 is 2.15 bits per heavy atom. The van der Waals surface area contributed by atoms with Gasteiger partial charge in [0, 0.05) is 25.7 Å². The Hall–Kier alpha value is -2.31. The van der Waals surface area contributed by atoms with Gasteiger partial charge in [-0.3, -0.25) is 10.1 Å². The van der Waals surface area contributed by atoms with Crippen LogP contribution in [0.2, 0.25) is 0 Å². The van der Waals surface area contributed by atoms with Crippen molar-refractivity contribution in [2.45, 2.75) is 59.0 Å². The molecule has 0 saturated carbocycles. The summed E-state index contributed by atoms with van der Waals surface area (Å²) in [4.78, 5) is 25.0. The number of amides is 1. The molecule has 1 aromatic carbocycles. The molecule has 1 unspecified atom stereocenters. The van der Waals surface area contributed by atoms with Crippen molar-refractivity contribution in [3.63, 3.8) is 0 Å². The lowest BCUT2D eigenvalue weighted by Gasteiger charge is -2.34. The number of anilines is 1. The van der Waals surface area contributed by atoms with Crippen LogP contribution < -0.4 is 10.2 Å². The molecule has 1 atom stereocenters. The molecule has 0 bridgehead atoms. The molecular weight excluding hydrogens is 346 g/mol.